The Kier molecular flexibility index (Phi) is 6.53. The fourth-order valence-electron chi connectivity index (χ4n) is 4.40. The van der Waals surface area contributed by atoms with Crippen molar-refractivity contribution in [1.29, 1.82) is 0 Å². The van der Waals surface area contributed by atoms with E-state index in [1.165, 1.54) is 25.7 Å². The molecule has 1 amide bonds. The van der Waals surface area contributed by atoms with Crippen LogP contribution in [0.2, 0.25) is 0 Å². The van der Waals surface area contributed by atoms with Gasteiger partial charge in [-0.15, -0.1) is 0 Å². The zero-order valence-corrected chi connectivity index (χ0v) is 17.6. The zero-order chi connectivity index (χ0) is 19.4. The van der Waals surface area contributed by atoms with Crippen LogP contribution < -0.4 is 10.6 Å². The lowest BCUT2D eigenvalue weighted by molar-refractivity contribution is 0.00545. The number of ether oxygens (including phenoxy) is 1. The maximum atomic E-state index is 12.6. The van der Waals surface area contributed by atoms with Crippen molar-refractivity contribution in [3.63, 3.8) is 0 Å². The number of piperidine rings is 1. The van der Waals surface area contributed by atoms with Gasteiger partial charge in [-0.1, -0.05) is 12.8 Å². The van der Waals surface area contributed by atoms with Gasteiger partial charge in [0, 0.05) is 31.2 Å². The van der Waals surface area contributed by atoms with Crippen molar-refractivity contribution in [3.05, 3.63) is 0 Å². The summed E-state index contributed by atoms with van der Waals surface area (Å²) in [5.74, 6) is 1.91. The van der Waals surface area contributed by atoms with Crippen molar-refractivity contribution in [2.24, 2.45) is 10.9 Å². The van der Waals surface area contributed by atoms with E-state index >= 15 is 0 Å². The van der Waals surface area contributed by atoms with Gasteiger partial charge in [-0.2, -0.15) is 0 Å². The zero-order valence-electron chi connectivity index (χ0n) is 17.6. The molecule has 27 heavy (non-hydrogen) atoms. The van der Waals surface area contributed by atoms with E-state index in [-0.39, 0.29) is 18.2 Å². The van der Waals surface area contributed by atoms with Crippen molar-refractivity contribution < 1.29 is 9.53 Å². The highest BCUT2D eigenvalue weighted by atomic mass is 16.6. The third-order valence-electron chi connectivity index (χ3n) is 5.76. The molecule has 2 aliphatic heterocycles. The highest BCUT2D eigenvalue weighted by Gasteiger charge is 2.45. The molecular weight excluding hydrogens is 340 g/mol. The first-order valence-electron chi connectivity index (χ1n) is 10.9. The van der Waals surface area contributed by atoms with Crippen LogP contribution in [0.25, 0.3) is 0 Å². The highest BCUT2D eigenvalue weighted by molar-refractivity contribution is 5.80. The Hall–Kier alpha value is -1.46. The fraction of sp³-hybridized carbons (Fsp3) is 0.905. The number of nitrogens with zero attached hydrogens (tertiary/aromatic N) is 2. The summed E-state index contributed by atoms with van der Waals surface area (Å²) in [7, 11) is 0. The van der Waals surface area contributed by atoms with Gasteiger partial charge in [0.2, 0.25) is 0 Å². The average Bonchev–Trinajstić information content (AvgIpc) is 3.34. The number of hydrogen-bond donors (Lipinski definition) is 2. The van der Waals surface area contributed by atoms with E-state index in [0.717, 1.165) is 50.7 Å². The molecule has 2 unspecified atom stereocenters. The van der Waals surface area contributed by atoms with Crippen LogP contribution in [0.3, 0.4) is 0 Å². The van der Waals surface area contributed by atoms with Crippen LogP contribution in [0, 0.1) is 5.92 Å². The summed E-state index contributed by atoms with van der Waals surface area (Å²) >= 11 is 0. The minimum absolute atomic E-state index is 0.144. The maximum Gasteiger partial charge on any atom is 0.410 e. The van der Waals surface area contributed by atoms with Gasteiger partial charge in [0.25, 0.3) is 0 Å². The lowest BCUT2D eigenvalue weighted by Crippen LogP contribution is -2.55. The lowest BCUT2D eigenvalue weighted by Gasteiger charge is -2.40. The largest absolute Gasteiger partial charge is 0.444 e. The monoisotopic (exact) mass is 378 g/mol. The second kappa shape index (κ2) is 8.70. The summed E-state index contributed by atoms with van der Waals surface area (Å²) in [5.41, 5.74) is -0.434. The summed E-state index contributed by atoms with van der Waals surface area (Å²) in [4.78, 5) is 19.4. The average molecular weight is 379 g/mol. The molecule has 0 aromatic heterocycles. The molecule has 154 valence electrons. The Morgan fingerprint density at radius 1 is 1.15 bits per heavy atom. The first-order valence-corrected chi connectivity index (χ1v) is 10.9. The Labute approximate surface area is 164 Å². The standard InChI is InChI=1S/C21H38N4O2/c1-5-22-19(23-12-6-7-15-8-9-15)24-16-13-17-10-11-18(14-16)25(17)20(26)27-21(2,3)4/h15-18H,5-14H2,1-4H3,(H2,22,23,24). The molecule has 3 rings (SSSR count). The van der Waals surface area contributed by atoms with Crippen LogP contribution in [-0.2, 0) is 4.74 Å². The second-order valence-electron chi connectivity index (χ2n) is 9.43. The van der Waals surface area contributed by atoms with E-state index in [2.05, 4.69) is 17.6 Å². The molecule has 2 heterocycles. The Morgan fingerprint density at radius 3 is 2.37 bits per heavy atom. The summed E-state index contributed by atoms with van der Waals surface area (Å²) in [6, 6.07) is 0.949. The molecule has 2 atom stereocenters. The van der Waals surface area contributed by atoms with Gasteiger partial charge in [-0.05, 0) is 72.1 Å². The molecule has 2 saturated heterocycles. The molecule has 0 aromatic carbocycles. The minimum atomic E-state index is -0.434. The molecule has 3 fully saturated rings. The van der Waals surface area contributed by atoms with Crippen molar-refractivity contribution in [3.8, 4) is 0 Å². The van der Waals surface area contributed by atoms with E-state index < -0.39 is 5.60 Å². The third-order valence-corrected chi connectivity index (χ3v) is 5.76. The fourth-order valence-corrected chi connectivity index (χ4v) is 4.40. The minimum Gasteiger partial charge on any atom is -0.444 e. The van der Waals surface area contributed by atoms with E-state index in [9.17, 15) is 4.79 Å². The maximum absolute atomic E-state index is 12.6. The Bertz CT molecular complexity index is 525. The van der Waals surface area contributed by atoms with Crippen LogP contribution in [0.5, 0.6) is 0 Å². The SMILES string of the molecule is CCNC(=NCCCC1CC1)NC1CC2CCC(C1)N2C(=O)OC(C)(C)C. The van der Waals surface area contributed by atoms with Gasteiger partial charge in [-0.3, -0.25) is 4.99 Å². The van der Waals surface area contributed by atoms with Gasteiger partial charge in [0.05, 0.1) is 0 Å². The van der Waals surface area contributed by atoms with Gasteiger partial charge >= 0.3 is 6.09 Å². The number of nitrogens with one attached hydrogen (secondary N) is 2. The number of hydrogen-bond acceptors (Lipinski definition) is 3. The molecule has 3 aliphatic rings. The molecule has 2 bridgehead atoms. The van der Waals surface area contributed by atoms with Crippen molar-refractivity contribution in [2.45, 2.75) is 103 Å². The van der Waals surface area contributed by atoms with Crippen LogP contribution in [-0.4, -0.2) is 53.8 Å². The Balaban J connectivity index is 1.51. The number of fused-ring (bicyclic) bond motifs is 2. The summed E-state index contributed by atoms with van der Waals surface area (Å²) in [5, 5.41) is 7.01. The van der Waals surface area contributed by atoms with Crippen LogP contribution in [0.4, 0.5) is 4.79 Å². The molecule has 6 nitrogen and oxygen atoms in total. The predicted octanol–water partition coefficient (Wildman–Crippen LogP) is 3.66. The lowest BCUT2D eigenvalue weighted by atomic mass is 9.98. The summed E-state index contributed by atoms with van der Waals surface area (Å²) in [6.45, 7) is 9.68. The summed E-state index contributed by atoms with van der Waals surface area (Å²) < 4.78 is 5.63. The van der Waals surface area contributed by atoms with Crippen LogP contribution in [0.1, 0.15) is 79.1 Å². The topological polar surface area (TPSA) is 66.0 Å². The number of rotatable bonds is 6. The number of carbonyl (C=O) groups excluding carboxylic acids is 1. The molecule has 2 N–H and O–H groups in total. The first-order chi connectivity index (χ1) is 12.9. The van der Waals surface area contributed by atoms with E-state index in [1.54, 1.807) is 0 Å². The molecule has 0 spiro atoms. The molecule has 0 radical (unpaired) electrons. The molecule has 1 saturated carbocycles. The van der Waals surface area contributed by atoms with Gasteiger partial charge in [0.15, 0.2) is 5.96 Å². The number of carbonyl (C=O) groups is 1. The van der Waals surface area contributed by atoms with E-state index in [0.29, 0.717) is 6.04 Å². The van der Waals surface area contributed by atoms with E-state index in [4.69, 9.17) is 9.73 Å². The predicted molar refractivity (Wildman–Crippen MR) is 109 cm³/mol. The smallest absolute Gasteiger partial charge is 0.410 e. The van der Waals surface area contributed by atoms with Gasteiger partial charge in [-0.25, -0.2) is 4.79 Å². The quantitative estimate of drug-likeness (QED) is 0.420. The Morgan fingerprint density at radius 2 is 1.81 bits per heavy atom. The van der Waals surface area contributed by atoms with Crippen molar-refractivity contribution in [1.82, 2.24) is 15.5 Å². The van der Waals surface area contributed by atoms with Gasteiger partial charge in [0.1, 0.15) is 5.60 Å². The number of guanidine groups is 1. The molecule has 6 heteroatoms. The number of amides is 1. The van der Waals surface area contributed by atoms with Crippen LogP contribution in [0.15, 0.2) is 4.99 Å². The van der Waals surface area contributed by atoms with Gasteiger partial charge < -0.3 is 20.3 Å². The highest BCUT2D eigenvalue weighted by Crippen LogP contribution is 2.37. The molecule has 1 aliphatic carbocycles. The molecule has 0 aromatic rings. The van der Waals surface area contributed by atoms with Crippen molar-refractivity contribution >= 4 is 12.1 Å². The van der Waals surface area contributed by atoms with Crippen LogP contribution >= 0.6 is 0 Å². The summed E-state index contributed by atoms with van der Waals surface area (Å²) in [6.07, 6.45) is 9.31. The number of aliphatic imine (C=N–C) groups is 1. The third kappa shape index (κ3) is 6.01. The van der Waals surface area contributed by atoms with E-state index in [1.807, 2.05) is 25.7 Å². The second-order valence-corrected chi connectivity index (χ2v) is 9.43. The normalized spacial score (nSPS) is 28.2. The first kappa shape index (κ1) is 20.3. The van der Waals surface area contributed by atoms with Crippen molar-refractivity contribution in [2.75, 3.05) is 13.1 Å². The molecular formula is C21H38N4O2.